The van der Waals surface area contributed by atoms with Crippen LogP contribution in [0.5, 0.6) is 0 Å². The highest BCUT2D eigenvalue weighted by atomic mass is 19.1. The molecule has 6 heteroatoms. The Morgan fingerprint density at radius 1 is 1.15 bits per heavy atom. The highest BCUT2D eigenvalue weighted by Gasteiger charge is 2.38. The summed E-state index contributed by atoms with van der Waals surface area (Å²) in [6.07, 6.45) is 0. The van der Waals surface area contributed by atoms with Gasteiger partial charge in [-0.1, -0.05) is 13.8 Å². The lowest BCUT2D eigenvalue weighted by atomic mass is 10.1. The van der Waals surface area contributed by atoms with E-state index < -0.39 is 23.3 Å². The molecule has 2 rings (SSSR count). The van der Waals surface area contributed by atoms with E-state index in [4.69, 9.17) is 0 Å². The van der Waals surface area contributed by atoms with E-state index in [1.165, 1.54) is 0 Å². The summed E-state index contributed by atoms with van der Waals surface area (Å²) < 4.78 is 26.9. The first-order valence-electron chi connectivity index (χ1n) is 6.57. The van der Waals surface area contributed by atoms with Crippen LogP contribution in [0.25, 0.3) is 0 Å². The molecule has 0 fully saturated rings. The number of ketones is 1. The number of amides is 1. The maximum Gasteiger partial charge on any atom is 0.299 e. The Kier molecular flexibility index (Phi) is 4.13. The maximum atomic E-state index is 13.6. The normalized spacial score (nSPS) is 14.3. The summed E-state index contributed by atoms with van der Waals surface area (Å²) in [5.74, 6) is -3.48. The molecule has 1 amide bonds. The summed E-state index contributed by atoms with van der Waals surface area (Å²) in [6, 6.07) is 1.65. The van der Waals surface area contributed by atoms with Gasteiger partial charge in [-0.3, -0.25) is 9.59 Å². The number of rotatable bonds is 5. The van der Waals surface area contributed by atoms with Crippen LogP contribution in [0.4, 0.5) is 14.5 Å². The third-order valence-corrected chi connectivity index (χ3v) is 3.53. The third kappa shape index (κ3) is 2.43. The Morgan fingerprint density at radius 2 is 1.80 bits per heavy atom. The number of carbonyl (C=O) groups excluding carboxylic acids is 2. The molecule has 1 aliphatic heterocycles. The predicted molar refractivity (Wildman–Crippen MR) is 70.8 cm³/mol. The SMILES string of the molecule is CCN(CC)CCN1C(=O)C(=O)c2c(F)cc(F)cc21. The lowest BCUT2D eigenvalue weighted by molar-refractivity contribution is -0.114. The average molecular weight is 282 g/mol. The molecule has 0 aliphatic carbocycles. The van der Waals surface area contributed by atoms with Gasteiger partial charge in [0.25, 0.3) is 11.7 Å². The van der Waals surface area contributed by atoms with Crippen molar-refractivity contribution in [1.82, 2.24) is 4.90 Å². The fraction of sp³-hybridized carbons (Fsp3) is 0.429. The van der Waals surface area contributed by atoms with E-state index in [1.807, 2.05) is 13.8 Å². The van der Waals surface area contributed by atoms with Gasteiger partial charge in [-0.25, -0.2) is 8.78 Å². The fourth-order valence-electron chi connectivity index (χ4n) is 2.34. The van der Waals surface area contributed by atoms with E-state index in [1.54, 1.807) is 0 Å². The van der Waals surface area contributed by atoms with Gasteiger partial charge in [-0.05, 0) is 19.2 Å². The third-order valence-electron chi connectivity index (χ3n) is 3.53. The van der Waals surface area contributed by atoms with Gasteiger partial charge < -0.3 is 9.80 Å². The Labute approximate surface area is 116 Å². The van der Waals surface area contributed by atoms with Crippen molar-refractivity contribution in [3.05, 3.63) is 29.3 Å². The van der Waals surface area contributed by atoms with E-state index in [0.717, 1.165) is 24.1 Å². The first kappa shape index (κ1) is 14.6. The number of halogens is 2. The van der Waals surface area contributed by atoms with Crippen molar-refractivity contribution in [2.24, 2.45) is 0 Å². The summed E-state index contributed by atoms with van der Waals surface area (Å²) in [4.78, 5) is 26.9. The molecule has 1 aliphatic rings. The molecule has 1 heterocycles. The number of nitrogens with zero attached hydrogens (tertiary/aromatic N) is 2. The van der Waals surface area contributed by atoms with Crippen LogP contribution in [0.1, 0.15) is 24.2 Å². The molecule has 0 aromatic heterocycles. The largest absolute Gasteiger partial charge is 0.303 e. The van der Waals surface area contributed by atoms with E-state index in [-0.39, 0.29) is 17.8 Å². The van der Waals surface area contributed by atoms with Gasteiger partial charge in [0.15, 0.2) is 0 Å². The zero-order valence-corrected chi connectivity index (χ0v) is 11.4. The number of carbonyl (C=O) groups is 2. The number of benzene rings is 1. The van der Waals surface area contributed by atoms with Gasteiger partial charge in [0, 0.05) is 19.2 Å². The second-order valence-electron chi connectivity index (χ2n) is 4.59. The number of fused-ring (bicyclic) bond motifs is 1. The number of hydrogen-bond donors (Lipinski definition) is 0. The van der Waals surface area contributed by atoms with Crippen LogP contribution in [0.3, 0.4) is 0 Å². The predicted octanol–water partition coefficient (Wildman–Crippen LogP) is 1.84. The monoisotopic (exact) mass is 282 g/mol. The Balaban J connectivity index is 2.29. The molecule has 0 saturated carbocycles. The molecule has 0 radical (unpaired) electrons. The second-order valence-corrected chi connectivity index (χ2v) is 4.59. The molecule has 4 nitrogen and oxygen atoms in total. The zero-order valence-electron chi connectivity index (χ0n) is 11.4. The van der Waals surface area contributed by atoms with Crippen LogP contribution in [0, 0.1) is 11.6 Å². The van der Waals surface area contributed by atoms with Crippen LogP contribution in [-0.4, -0.2) is 42.8 Å². The van der Waals surface area contributed by atoms with Crippen molar-refractivity contribution in [2.45, 2.75) is 13.8 Å². The van der Waals surface area contributed by atoms with Crippen molar-refractivity contribution >= 4 is 17.4 Å². The molecule has 1 aromatic rings. The lowest BCUT2D eigenvalue weighted by Crippen LogP contribution is -2.38. The van der Waals surface area contributed by atoms with E-state index >= 15 is 0 Å². The minimum absolute atomic E-state index is 0.0321. The molecule has 20 heavy (non-hydrogen) atoms. The summed E-state index contributed by atoms with van der Waals surface area (Å²) >= 11 is 0. The molecule has 1 aromatic carbocycles. The van der Waals surface area contributed by atoms with Gasteiger partial charge in [-0.15, -0.1) is 0 Å². The summed E-state index contributed by atoms with van der Waals surface area (Å²) in [6.45, 7) is 6.35. The highest BCUT2D eigenvalue weighted by molar-refractivity contribution is 6.52. The summed E-state index contributed by atoms with van der Waals surface area (Å²) in [7, 11) is 0. The molecule has 0 N–H and O–H groups in total. The Hall–Kier alpha value is -1.82. The molecule has 108 valence electrons. The first-order chi connectivity index (χ1) is 9.49. The summed E-state index contributed by atoms with van der Waals surface area (Å²) in [5, 5.41) is 0. The molecule has 0 unspecified atom stereocenters. The molecule has 0 saturated heterocycles. The highest BCUT2D eigenvalue weighted by Crippen LogP contribution is 2.31. The molecule has 0 atom stereocenters. The lowest BCUT2D eigenvalue weighted by Gasteiger charge is -2.22. The maximum absolute atomic E-state index is 13.6. The van der Waals surface area contributed by atoms with Crippen LogP contribution < -0.4 is 4.90 Å². The van der Waals surface area contributed by atoms with Crippen molar-refractivity contribution in [2.75, 3.05) is 31.1 Å². The van der Waals surface area contributed by atoms with E-state index in [0.29, 0.717) is 12.6 Å². The minimum atomic E-state index is -0.983. The van der Waals surface area contributed by atoms with Crippen molar-refractivity contribution in [3.8, 4) is 0 Å². The molecular formula is C14H16F2N2O2. The zero-order chi connectivity index (χ0) is 14.9. The van der Waals surface area contributed by atoms with Crippen LogP contribution >= 0.6 is 0 Å². The molecule has 0 bridgehead atoms. The topological polar surface area (TPSA) is 40.6 Å². The van der Waals surface area contributed by atoms with Crippen LogP contribution in [-0.2, 0) is 4.79 Å². The number of likely N-dealkylation sites (N-methyl/N-ethyl adjacent to an activating group) is 1. The molecular weight excluding hydrogens is 266 g/mol. The van der Waals surface area contributed by atoms with Crippen molar-refractivity contribution in [3.63, 3.8) is 0 Å². The van der Waals surface area contributed by atoms with Crippen molar-refractivity contribution in [1.29, 1.82) is 0 Å². The van der Waals surface area contributed by atoms with E-state index in [2.05, 4.69) is 4.90 Å². The number of Topliss-reactive ketones (excluding diaryl/α,β-unsaturated/α-hetero) is 1. The van der Waals surface area contributed by atoms with Gasteiger partial charge in [0.2, 0.25) is 0 Å². The van der Waals surface area contributed by atoms with Crippen LogP contribution in [0.2, 0.25) is 0 Å². The van der Waals surface area contributed by atoms with Gasteiger partial charge in [-0.2, -0.15) is 0 Å². The fourth-order valence-corrected chi connectivity index (χ4v) is 2.34. The number of hydrogen-bond acceptors (Lipinski definition) is 3. The molecule has 0 spiro atoms. The van der Waals surface area contributed by atoms with Gasteiger partial charge in [0.1, 0.15) is 11.6 Å². The Morgan fingerprint density at radius 3 is 2.40 bits per heavy atom. The quantitative estimate of drug-likeness (QED) is 0.774. The number of anilines is 1. The summed E-state index contributed by atoms with van der Waals surface area (Å²) in [5.41, 5.74) is -0.291. The minimum Gasteiger partial charge on any atom is -0.303 e. The Bertz CT molecular complexity index is 556. The standard InChI is InChI=1S/C14H16F2N2O2/c1-3-17(4-2)5-6-18-11-8-9(15)7-10(16)12(11)13(19)14(18)20/h7-8H,3-6H2,1-2H3. The van der Waals surface area contributed by atoms with E-state index in [9.17, 15) is 18.4 Å². The van der Waals surface area contributed by atoms with Crippen LogP contribution in [0.15, 0.2) is 12.1 Å². The van der Waals surface area contributed by atoms with Crippen molar-refractivity contribution < 1.29 is 18.4 Å². The first-order valence-corrected chi connectivity index (χ1v) is 6.57. The van der Waals surface area contributed by atoms with Gasteiger partial charge in [0.05, 0.1) is 11.3 Å². The average Bonchev–Trinajstić information content (AvgIpc) is 2.64. The second kappa shape index (κ2) is 5.66. The smallest absolute Gasteiger partial charge is 0.299 e. The van der Waals surface area contributed by atoms with Gasteiger partial charge >= 0.3 is 0 Å².